The number of nitrogens with zero attached hydrogens (tertiary/aromatic N) is 1. The van der Waals surface area contributed by atoms with Crippen LogP contribution in [0.3, 0.4) is 0 Å². The van der Waals surface area contributed by atoms with Gasteiger partial charge in [-0.1, -0.05) is 20.3 Å². The van der Waals surface area contributed by atoms with Gasteiger partial charge in [0.05, 0.1) is 6.54 Å². The maximum Gasteiger partial charge on any atom is 0.237 e. The van der Waals surface area contributed by atoms with E-state index in [-0.39, 0.29) is 24.9 Å². The third kappa shape index (κ3) is 6.40. The van der Waals surface area contributed by atoms with E-state index < -0.39 is 5.91 Å². The third-order valence-electron chi connectivity index (χ3n) is 2.44. The highest BCUT2D eigenvalue weighted by molar-refractivity contribution is 5.84. The molecule has 0 aliphatic rings. The minimum Gasteiger partial charge on any atom is -0.368 e. The van der Waals surface area contributed by atoms with Crippen molar-refractivity contribution < 1.29 is 9.59 Å². The van der Waals surface area contributed by atoms with Gasteiger partial charge in [-0.25, -0.2) is 0 Å². The van der Waals surface area contributed by atoms with E-state index in [0.717, 1.165) is 19.3 Å². The van der Waals surface area contributed by atoms with Gasteiger partial charge in [-0.2, -0.15) is 0 Å². The predicted molar refractivity (Wildman–Crippen MR) is 63.6 cm³/mol. The average Bonchev–Trinajstić information content (AvgIpc) is 2.23. The quantitative estimate of drug-likeness (QED) is 0.624. The molecule has 1 unspecified atom stereocenters. The molecule has 0 aliphatic carbocycles. The van der Waals surface area contributed by atoms with Crippen molar-refractivity contribution in [1.29, 1.82) is 0 Å². The van der Waals surface area contributed by atoms with Crippen LogP contribution in [0.15, 0.2) is 0 Å². The summed E-state index contributed by atoms with van der Waals surface area (Å²) >= 11 is 0. The fourth-order valence-electron chi connectivity index (χ4n) is 1.33. The van der Waals surface area contributed by atoms with E-state index >= 15 is 0 Å². The second-order valence-electron chi connectivity index (χ2n) is 4.01. The van der Waals surface area contributed by atoms with Crippen molar-refractivity contribution in [3.05, 3.63) is 0 Å². The molecule has 0 aliphatic heterocycles. The Kier molecular flexibility index (Phi) is 7.54. The first kappa shape index (κ1) is 14.9. The Hall–Kier alpha value is -1.10. The van der Waals surface area contributed by atoms with E-state index in [1.807, 2.05) is 13.8 Å². The van der Waals surface area contributed by atoms with E-state index in [1.54, 1.807) is 0 Å². The van der Waals surface area contributed by atoms with Crippen LogP contribution in [0.4, 0.5) is 0 Å². The number of carbonyl (C=O) groups is 2. The average molecular weight is 229 g/mol. The molecule has 0 aromatic carbocycles. The lowest BCUT2D eigenvalue weighted by atomic mass is 10.1. The summed E-state index contributed by atoms with van der Waals surface area (Å²) in [5, 5.41) is 0. The van der Waals surface area contributed by atoms with Gasteiger partial charge in [-0.3, -0.25) is 9.59 Å². The highest BCUT2D eigenvalue weighted by atomic mass is 16.2. The van der Waals surface area contributed by atoms with Crippen LogP contribution in [-0.4, -0.2) is 35.8 Å². The van der Waals surface area contributed by atoms with Crippen molar-refractivity contribution in [3.8, 4) is 0 Å². The Morgan fingerprint density at radius 1 is 1.31 bits per heavy atom. The van der Waals surface area contributed by atoms with Crippen molar-refractivity contribution in [2.24, 2.45) is 11.5 Å². The maximum atomic E-state index is 11.8. The van der Waals surface area contributed by atoms with E-state index in [4.69, 9.17) is 11.5 Å². The normalized spacial score (nSPS) is 12.2. The summed E-state index contributed by atoms with van der Waals surface area (Å²) < 4.78 is 0. The maximum absolute atomic E-state index is 11.8. The Morgan fingerprint density at radius 2 is 1.94 bits per heavy atom. The van der Waals surface area contributed by atoms with Gasteiger partial charge < -0.3 is 16.4 Å². The van der Waals surface area contributed by atoms with Gasteiger partial charge in [0.15, 0.2) is 0 Å². The molecule has 0 bridgehead atoms. The Morgan fingerprint density at radius 3 is 2.38 bits per heavy atom. The molecule has 0 radical (unpaired) electrons. The van der Waals surface area contributed by atoms with Crippen LogP contribution in [0.5, 0.6) is 0 Å². The number of rotatable bonds is 8. The largest absolute Gasteiger partial charge is 0.368 e. The van der Waals surface area contributed by atoms with Crippen molar-refractivity contribution in [2.75, 3.05) is 13.1 Å². The summed E-state index contributed by atoms with van der Waals surface area (Å²) in [5.74, 6) is -0.559. The molecule has 0 rings (SSSR count). The monoisotopic (exact) mass is 229 g/mol. The van der Waals surface area contributed by atoms with Gasteiger partial charge in [-0.15, -0.1) is 0 Å². The fourth-order valence-corrected chi connectivity index (χ4v) is 1.33. The van der Waals surface area contributed by atoms with Crippen LogP contribution in [-0.2, 0) is 9.59 Å². The molecule has 1 atom stereocenters. The molecule has 0 spiro atoms. The lowest BCUT2D eigenvalue weighted by Gasteiger charge is -2.22. The molecule has 0 fully saturated rings. The zero-order chi connectivity index (χ0) is 12.6. The zero-order valence-electron chi connectivity index (χ0n) is 10.2. The van der Waals surface area contributed by atoms with Gasteiger partial charge in [0, 0.05) is 19.0 Å². The molecule has 0 saturated heterocycles. The van der Waals surface area contributed by atoms with Crippen LogP contribution in [0.1, 0.15) is 39.5 Å². The molecule has 16 heavy (non-hydrogen) atoms. The molecular weight excluding hydrogens is 206 g/mol. The van der Waals surface area contributed by atoms with Gasteiger partial charge in [0.2, 0.25) is 11.8 Å². The molecule has 5 heteroatoms. The second kappa shape index (κ2) is 8.10. The molecule has 0 aromatic heterocycles. The summed E-state index contributed by atoms with van der Waals surface area (Å²) in [6.07, 6.45) is 2.89. The molecule has 0 saturated carbocycles. The molecule has 2 amide bonds. The zero-order valence-corrected chi connectivity index (χ0v) is 10.2. The van der Waals surface area contributed by atoms with Crippen LogP contribution in [0.25, 0.3) is 0 Å². The first-order valence-electron chi connectivity index (χ1n) is 5.82. The first-order valence-corrected chi connectivity index (χ1v) is 5.82. The van der Waals surface area contributed by atoms with Crippen LogP contribution >= 0.6 is 0 Å². The van der Waals surface area contributed by atoms with Crippen molar-refractivity contribution in [2.45, 2.75) is 45.6 Å². The lowest BCUT2D eigenvalue weighted by Crippen LogP contribution is -2.41. The molecular formula is C11H23N3O2. The number of hydrogen-bond acceptors (Lipinski definition) is 3. The van der Waals surface area contributed by atoms with Gasteiger partial charge in [-0.05, 0) is 12.8 Å². The molecule has 0 aromatic rings. The van der Waals surface area contributed by atoms with E-state index in [2.05, 4.69) is 0 Å². The molecule has 0 heterocycles. The van der Waals surface area contributed by atoms with E-state index in [9.17, 15) is 9.59 Å². The Balaban J connectivity index is 4.25. The van der Waals surface area contributed by atoms with Crippen LogP contribution in [0, 0.1) is 0 Å². The minimum absolute atomic E-state index is 0.00469. The lowest BCUT2D eigenvalue weighted by molar-refractivity contribution is -0.135. The summed E-state index contributed by atoms with van der Waals surface area (Å²) in [6, 6.07) is -0.135. The number of unbranched alkanes of at least 4 members (excludes halogenated alkanes) is 1. The number of carbonyl (C=O) groups excluding carboxylic acids is 2. The highest BCUT2D eigenvalue weighted by Gasteiger charge is 2.17. The predicted octanol–water partition coefficient (Wildman–Crippen LogP) is 0.228. The van der Waals surface area contributed by atoms with Crippen molar-refractivity contribution in [1.82, 2.24) is 4.90 Å². The molecule has 94 valence electrons. The first-order chi connectivity index (χ1) is 7.51. The molecule has 4 N–H and O–H groups in total. The van der Waals surface area contributed by atoms with Gasteiger partial charge in [0.25, 0.3) is 0 Å². The fraction of sp³-hybridized carbons (Fsp3) is 0.818. The Labute approximate surface area is 97.2 Å². The summed E-state index contributed by atoms with van der Waals surface area (Å²) in [4.78, 5) is 24.1. The third-order valence-corrected chi connectivity index (χ3v) is 2.44. The van der Waals surface area contributed by atoms with Crippen molar-refractivity contribution >= 4 is 11.8 Å². The van der Waals surface area contributed by atoms with Crippen LogP contribution in [0.2, 0.25) is 0 Å². The Bertz CT molecular complexity index is 231. The highest BCUT2D eigenvalue weighted by Crippen LogP contribution is 2.02. The number of amides is 2. The summed E-state index contributed by atoms with van der Waals surface area (Å²) in [7, 11) is 0. The standard InChI is InChI=1S/C11H23N3O2/c1-3-5-6-14(8-10(13)15)11(16)7-9(12)4-2/h9H,3-8,12H2,1-2H3,(H2,13,15). The summed E-state index contributed by atoms with van der Waals surface area (Å²) in [6.45, 7) is 4.54. The van der Waals surface area contributed by atoms with E-state index in [0.29, 0.717) is 6.54 Å². The van der Waals surface area contributed by atoms with Crippen LogP contribution < -0.4 is 11.5 Å². The topological polar surface area (TPSA) is 89.4 Å². The second-order valence-corrected chi connectivity index (χ2v) is 4.01. The number of nitrogens with two attached hydrogens (primary N) is 2. The summed E-state index contributed by atoms with van der Waals surface area (Å²) in [5.41, 5.74) is 10.8. The SMILES string of the molecule is CCCCN(CC(N)=O)C(=O)CC(N)CC. The smallest absolute Gasteiger partial charge is 0.237 e. The minimum atomic E-state index is -0.477. The van der Waals surface area contributed by atoms with Gasteiger partial charge >= 0.3 is 0 Å². The number of hydrogen-bond donors (Lipinski definition) is 2. The molecule has 5 nitrogen and oxygen atoms in total. The number of primary amides is 1. The van der Waals surface area contributed by atoms with E-state index in [1.165, 1.54) is 4.90 Å². The van der Waals surface area contributed by atoms with Crippen molar-refractivity contribution in [3.63, 3.8) is 0 Å². The van der Waals surface area contributed by atoms with Gasteiger partial charge in [0.1, 0.15) is 0 Å².